The van der Waals surface area contributed by atoms with E-state index in [4.69, 9.17) is 4.42 Å². The van der Waals surface area contributed by atoms with Gasteiger partial charge in [0.25, 0.3) is 0 Å². The SMILES string of the molecule is CC.Cc1cn(SI)c2ccc(-c3nnc(CC(C)C)o3)cc12. The molecule has 0 saturated heterocycles. The molecule has 0 aliphatic rings. The van der Waals surface area contributed by atoms with E-state index < -0.39 is 0 Å². The number of benzene rings is 1. The molecule has 0 spiro atoms. The first-order valence-corrected chi connectivity index (χ1v) is 11.1. The van der Waals surface area contributed by atoms with Gasteiger partial charge in [0.15, 0.2) is 0 Å². The second-order valence-corrected chi connectivity index (χ2v) is 7.25. The third-order valence-corrected chi connectivity index (χ3v) is 5.06. The predicted molar refractivity (Wildman–Crippen MR) is 107 cm³/mol. The van der Waals surface area contributed by atoms with Crippen molar-refractivity contribution >= 4 is 41.2 Å². The smallest absolute Gasteiger partial charge is 0.247 e. The van der Waals surface area contributed by atoms with Gasteiger partial charge in [0.1, 0.15) is 0 Å². The quantitative estimate of drug-likeness (QED) is 0.459. The van der Waals surface area contributed by atoms with Gasteiger partial charge in [-0.25, -0.2) is 0 Å². The van der Waals surface area contributed by atoms with Crippen molar-refractivity contribution in [3.05, 3.63) is 35.9 Å². The highest BCUT2D eigenvalue weighted by Crippen LogP contribution is 2.31. The zero-order valence-corrected chi connectivity index (χ0v) is 17.1. The molecule has 0 amide bonds. The molecule has 2 aromatic heterocycles. The minimum atomic E-state index is 0.512. The van der Waals surface area contributed by atoms with Crippen molar-refractivity contribution in [3.63, 3.8) is 0 Å². The van der Waals surface area contributed by atoms with Gasteiger partial charge in [-0.1, -0.05) is 27.7 Å². The third kappa shape index (κ3) is 4.09. The summed E-state index contributed by atoms with van der Waals surface area (Å²) >= 11 is 2.29. The van der Waals surface area contributed by atoms with Crippen molar-refractivity contribution in [1.29, 1.82) is 0 Å². The van der Waals surface area contributed by atoms with Crippen molar-refractivity contribution in [2.24, 2.45) is 5.92 Å². The normalized spacial score (nSPS) is 10.9. The fraction of sp³-hybridized carbons (Fsp3) is 0.412. The number of aryl methyl sites for hydroxylation is 1. The Morgan fingerprint density at radius 1 is 1.26 bits per heavy atom. The van der Waals surface area contributed by atoms with Gasteiger partial charge in [-0.2, -0.15) is 0 Å². The average Bonchev–Trinajstić information content (AvgIpc) is 3.13. The number of hydrogen-bond acceptors (Lipinski definition) is 4. The summed E-state index contributed by atoms with van der Waals surface area (Å²) < 4.78 is 7.93. The van der Waals surface area contributed by atoms with E-state index in [0.717, 1.165) is 12.0 Å². The molecule has 1 aromatic carbocycles. The number of aromatic nitrogens is 3. The second kappa shape index (κ2) is 8.19. The Hall–Kier alpha value is -1.02. The van der Waals surface area contributed by atoms with Crippen LogP contribution in [0.2, 0.25) is 0 Å². The summed E-state index contributed by atoms with van der Waals surface area (Å²) in [6, 6.07) is 6.27. The molecule has 0 unspecified atom stereocenters. The molecule has 0 aliphatic heterocycles. The summed E-state index contributed by atoms with van der Waals surface area (Å²) in [5.74, 6) is 1.82. The maximum atomic E-state index is 5.77. The Labute approximate surface area is 153 Å². The van der Waals surface area contributed by atoms with Gasteiger partial charge < -0.3 is 4.42 Å². The van der Waals surface area contributed by atoms with E-state index in [1.807, 2.05) is 19.9 Å². The first kappa shape index (κ1) is 18.3. The summed E-state index contributed by atoms with van der Waals surface area (Å²) in [5.41, 5.74) is 3.43. The Morgan fingerprint density at radius 3 is 2.65 bits per heavy atom. The van der Waals surface area contributed by atoms with Crippen molar-refractivity contribution in [2.45, 2.75) is 41.0 Å². The molecule has 3 aromatic rings. The van der Waals surface area contributed by atoms with E-state index in [2.05, 4.69) is 74.5 Å². The molecule has 23 heavy (non-hydrogen) atoms. The molecule has 0 N–H and O–H groups in total. The van der Waals surface area contributed by atoms with Gasteiger partial charge in [0, 0.05) is 53.9 Å². The van der Waals surface area contributed by atoms with E-state index in [9.17, 15) is 0 Å². The van der Waals surface area contributed by atoms with Gasteiger partial charge in [0.05, 0.1) is 5.52 Å². The average molecular weight is 443 g/mol. The Bertz CT molecular complexity index is 779. The molecular weight excluding hydrogens is 421 g/mol. The Kier molecular flexibility index (Phi) is 6.52. The largest absolute Gasteiger partial charge is 0.421 e. The lowest BCUT2D eigenvalue weighted by molar-refractivity contribution is 0.466. The zero-order chi connectivity index (χ0) is 17.0. The molecule has 124 valence electrons. The van der Waals surface area contributed by atoms with Gasteiger partial charge in [-0.05, 0) is 36.6 Å². The van der Waals surface area contributed by atoms with E-state index in [0.29, 0.717) is 17.7 Å². The van der Waals surface area contributed by atoms with Crippen molar-refractivity contribution in [3.8, 4) is 11.5 Å². The molecule has 3 rings (SSSR count). The van der Waals surface area contributed by atoms with Crippen LogP contribution in [0.15, 0.2) is 28.8 Å². The maximum Gasteiger partial charge on any atom is 0.247 e. The molecule has 4 nitrogen and oxygen atoms in total. The lowest BCUT2D eigenvalue weighted by Gasteiger charge is -2.00. The number of fused-ring (bicyclic) bond motifs is 1. The zero-order valence-electron chi connectivity index (χ0n) is 14.1. The molecule has 0 aliphatic carbocycles. The molecule has 0 saturated carbocycles. The van der Waals surface area contributed by atoms with Crippen LogP contribution in [0, 0.1) is 12.8 Å². The summed E-state index contributed by atoms with van der Waals surface area (Å²) in [7, 11) is 1.67. The van der Waals surface area contributed by atoms with Crippen LogP contribution in [0.5, 0.6) is 0 Å². The fourth-order valence-corrected chi connectivity index (χ4v) is 3.76. The van der Waals surface area contributed by atoms with Crippen LogP contribution in [0.3, 0.4) is 0 Å². The summed E-state index contributed by atoms with van der Waals surface area (Å²) in [6.45, 7) is 10.4. The van der Waals surface area contributed by atoms with Crippen molar-refractivity contribution < 1.29 is 4.42 Å². The van der Waals surface area contributed by atoms with Crippen LogP contribution < -0.4 is 0 Å². The highest BCUT2D eigenvalue weighted by Gasteiger charge is 2.12. The van der Waals surface area contributed by atoms with Crippen LogP contribution in [-0.4, -0.2) is 14.2 Å². The standard InChI is InChI=1S/C15H16IN3OS.C2H6/c1-9(2)6-14-17-18-15(20-14)11-4-5-13-12(7-11)10(3)8-19(13)21-16;1-2/h4-5,7-9H,6H2,1-3H3;1-2H3. The van der Waals surface area contributed by atoms with Gasteiger partial charge in [-0.3, -0.25) is 3.97 Å². The van der Waals surface area contributed by atoms with Gasteiger partial charge in [0.2, 0.25) is 11.8 Å². The van der Waals surface area contributed by atoms with Gasteiger partial charge in [-0.15, -0.1) is 10.2 Å². The third-order valence-electron chi connectivity index (χ3n) is 3.34. The highest BCUT2D eigenvalue weighted by molar-refractivity contribution is 14.2. The molecule has 0 atom stereocenters. The molecule has 0 bridgehead atoms. The number of hydrogen-bond donors (Lipinski definition) is 0. The lowest BCUT2D eigenvalue weighted by atomic mass is 10.1. The van der Waals surface area contributed by atoms with Crippen LogP contribution in [0.1, 0.15) is 39.1 Å². The minimum Gasteiger partial charge on any atom is -0.421 e. The number of nitrogens with zero attached hydrogens (tertiary/aromatic N) is 3. The molecule has 0 fully saturated rings. The van der Waals surface area contributed by atoms with Crippen molar-refractivity contribution in [2.75, 3.05) is 0 Å². The lowest BCUT2D eigenvalue weighted by Crippen LogP contribution is -1.93. The van der Waals surface area contributed by atoms with Crippen LogP contribution >= 0.6 is 30.3 Å². The number of rotatable bonds is 4. The van der Waals surface area contributed by atoms with E-state index in [-0.39, 0.29) is 0 Å². The van der Waals surface area contributed by atoms with E-state index >= 15 is 0 Å². The van der Waals surface area contributed by atoms with Crippen LogP contribution in [0.4, 0.5) is 0 Å². The van der Waals surface area contributed by atoms with E-state index in [1.165, 1.54) is 16.5 Å². The van der Waals surface area contributed by atoms with Crippen LogP contribution in [-0.2, 0) is 6.42 Å². The topological polar surface area (TPSA) is 43.9 Å². The maximum absolute atomic E-state index is 5.77. The fourth-order valence-electron chi connectivity index (χ4n) is 2.35. The second-order valence-electron chi connectivity index (χ2n) is 5.54. The first-order chi connectivity index (χ1) is 11.1. The first-order valence-electron chi connectivity index (χ1n) is 7.82. The van der Waals surface area contributed by atoms with Crippen molar-refractivity contribution in [1.82, 2.24) is 14.2 Å². The minimum absolute atomic E-state index is 0.512. The summed E-state index contributed by atoms with van der Waals surface area (Å²) in [4.78, 5) is 0. The predicted octanol–water partition coefficient (Wildman–Crippen LogP) is 6.07. The molecule has 2 heterocycles. The molecule has 0 radical (unpaired) electrons. The summed E-state index contributed by atoms with van der Waals surface area (Å²) in [6.07, 6.45) is 2.96. The molecule has 6 heteroatoms. The summed E-state index contributed by atoms with van der Waals surface area (Å²) in [5, 5.41) is 9.52. The Balaban J connectivity index is 0.000000924. The van der Waals surface area contributed by atoms with Crippen LogP contribution in [0.25, 0.3) is 22.4 Å². The number of halogens is 1. The van der Waals surface area contributed by atoms with E-state index in [1.54, 1.807) is 9.12 Å². The molecular formula is C17H22IN3OS. The Morgan fingerprint density at radius 2 is 2.00 bits per heavy atom. The monoisotopic (exact) mass is 443 g/mol. The van der Waals surface area contributed by atoms with Gasteiger partial charge >= 0.3 is 0 Å². The highest BCUT2D eigenvalue weighted by atomic mass is 127.